The molecule has 0 aliphatic heterocycles. The molecule has 2 rings (SSSR count). The molecule has 82 valence electrons. The smallest absolute Gasteiger partial charge is 0.240 e. The van der Waals surface area contributed by atoms with Gasteiger partial charge >= 0.3 is 0 Å². The van der Waals surface area contributed by atoms with E-state index in [-0.39, 0.29) is 0 Å². The molecule has 2 heterocycles. The summed E-state index contributed by atoms with van der Waals surface area (Å²) in [7, 11) is 0. The van der Waals surface area contributed by atoms with Crippen LogP contribution in [0.3, 0.4) is 0 Å². The maximum Gasteiger partial charge on any atom is 0.240 e. The molecule has 0 saturated heterocycles. The zero-order chi connectivity index (χ0) is 11.7. The third-order valence-electron chi connectivity index (χ3n) is 2.53. The summed E-state index contributed by atoms with van der Waals surface area (Å²) in [5, 5.41) is 0. The van der Waals surface area contributed by atoms with E-state index in [0.29, 0.717) is 11.6 Å². The quantitative estimate of drug-likeness (QED) is 0.571. The maximum atomic E-state index is 10.2. The number of nitrogens with zero attached hydrogens (tertiary/aromatic N) is 3. The van der Waals surface area contributed by atoms with Crippen LogP contribution >= 0.6 is 0 Å². The highest BCUT2D eigenvalue weighted by molar-refractivity contribution is 5.62. The first-order valence-corrected chi connectivity index (χ1v) is 5.20. The molecule has 0 radical (unpaired) electrons. The molecule has 0 aliphatic rings. The van der Waals surface area contributed by atoms with E-state index >= 15 is 0 Å². The van der Waals surface area contributed by atoms with Crippen LogP contribution in [0.2, 0.25) is 0 Å². The molecule has 0 fully saturated rings. The van der Waals surface area contributed by atoms with Crippen molar-refractivity contribution in [2.45, 2.75) is 26.7 Å². The van der Waals surface area contributed by atoms with Gasteiger partial charge in [-0.15, -0.1) is 0 Å². The Labute approximate surface area is 93.7 Å². The van der Waals surface area contributed by atoms with Crippen LogP contribution in [0.1, 0.15) is 31.3 Å². The molecule has 0 N–H and O–H groups in total. The number of hydrogen-bond donors (Lipinski definition) is 0. The summed E-state index contributed by atoms with van der Waals surface area (Å²) < 4.78 is 2.03. The molecular formula is C12H13N3O. The van der Waals surface area contributed by atoms with Gasteiger partial charge in [0.25, 0.3) is 0 Å². The Morgan fingerprint density at radius 2 is 2.25 bits per heavy atom. The summed E-state index contributed by atoms with van der Waals surface area (Å²) in [6, 6.07) is 3.63. The van der Waals surface area contributed by atoms with E-state index in [1.54, 1.807) is 12.1 Å². The summed E-state index contributed by atoms with van der Waals surface area (Å²) in [6.07, 6.45) is 3.43. The Morgan fingerprint density at radius 3 is 2.88 bits per heavy atom. The standard InChI is InChI=1S/C12H13N3O/c1-8(2)12-14-9(3)11-6-10(13-7-16)4-5-15(11)12/h4-6,8H,1-3H3. The summed E-state index contributed by atoms with van der Waals surface area (Å²) >= 11 is 0. The minimum atomic E-state index is 0.363. The van der Waals surface area contributed by atoms with E-state index in [1.807, 2.05) is 23.6 Å². The van der Waals surface area contributed by atoms with Gasteiger partial charge in [-0.1, -0.05) is 13.8 Å². The van der Waals surface area contributed by atoms with Gasteiger partial charge in [-0.25, -0.2) is 9.78 Å². The van der Waals surface area contributed by atoms with Crippen molar-refractivity contribution in [3.8, 4) is 0 Å². The van der Waals surface area contributed by atoms with E-state index in [0.717, 1.165) is 17.0 Å². The highest BCUT2D eigenvalue weighted by Gasteiger charge is 2.10. The molecule has 2 aromatic heterocycles. The first-order chi connectivity index (χ1) is 7.63. The van der Waals surface area contributed by atoms with Gasteiger partial charge in [0.05, 0.1) is 16.9 Å². The van der Waals surface area contributed by atoms with Crippen molar-refractivity contribution in [3.63, 3.8) is 0 Å². The normalized spacial score (nSPS) is 10.8. The number of fused-ring (bicyclic) bond motifs is 1. The van der Waals surface area contributed by atoms with Crippen molar-refractivity contribution >= 4 is 17.3 Å². The number of hydrogen-bond acceptors (Lipinski definition) is 3. The van der Waals surface area contributed by atoms with E-state index < -0.39 is 0 Å². The fourth-order valence-corrected chi connectivity index (χ4v) is 1.78. The van der Waals surface area contributed by atoms with Crippen LogP contribution in [0, 0.1) is 6.92 Å². The van der Waals surface area contributed by atoms with Crippen molar-refractivity contribution < 1.29 is 4.79 Å². The van der Waals surface area contributed by atoms with E-state index in [9.17, 15) is 4.79 Å². The predicted molar refractivity (Wildman–Crippen MR) is 61.8 cm³/mol. The molecule has 0 unspecified atom stereocenters. The largest absolute Gasteiger partial charge is 0.303 e. The highest BCUT2D eigenvalue weighted by atomic mass is 16.1. The summed E-state index contributed by atoms with van der Waals surface area (Å²) in [5.41, 5.74) is 2.55. The molecule has 2 aromatic rings. The topological polar surface area (TPSA) is 46.7 Å². The fraction of sp³-hybridized carbons (Fsp3) is 0.333. The van der Waals surface area contributed by atoms with Gasteiger partial charge in [-0.3, -0.25) is 0 Å². The van der Waals surface area contributed by atoms with Gasteiger partial charge in [-0.05, 0) is 19.1 Å². The third-order valence-corrected chi connectivity index (χ3v) is 2.53. The number of imidazole rings is 1. The van der Waals surface area contributed by atoms with Crippen LogP contribution in [0.4, 0.5) is 5.69 Å². The molecule has 4 nitrogen and oxygen atoms in total. The molecule has 4 heteroatoms. The Morgan fingerprint density at radius 1 is 1.50 bits per heavy atom. The number of carbonyl (C=O) groups excluding carboxylic acids is 1. The Bertz CT molecular complexity index is 577. The van der Waals surface area contributed by atoms with Gasteiger partial charge < -0.3 is 4.40 Å². The lowest BCUT2D eigenvalue weighted by Gasteiger charge is -2.03. The lowest BCUT2D eigenvalue weighted by atomic mass is 10.2. The van der Waals surface area contributed by atoms with Crippen LogP contribution in [0.5, 0.6) is 0 Å². The molecule has 0 aliphatic carbocycles. The van der Waals surface area contributed by atoms with Crippen molar-refractivity contribution in [2.24, 2.45) is 4.99 Å². The minimum Gasteiger partial charge on any atom is -0.303 e. The summed E-state index contributed by atoms with van der Waals surface area (Å²) in [4.78, 5) is 18.3. The van der Waals surface area contributed by atoms with Gasteiger partial charge in [0, 0.05) is 12.1 Å². The third kappa shape index (κ3) is 1.64. The van der Waals surface area contributed by atoms with Crippen molar-refractivity contribution in [1.82, 2.24) is 9.38 Å². The molecule has 0 atom stereocenters. The highest BCUT2D eigenvalue weighted by Crippen LogP contribution is 2.22. The molecule has 0 saturated carbocycles. The van der Waals surface area contributed by atoms with Crippen LogP contribution in [0.15, 0.2) is 23.3 Å². The number of aryl methyl sites for hydroxylation is 1. The predicted octanol–water partition coefficient (Wildman–Crippen LogP) is 2.73. The van der Waals surface area contributed by atoms with Crippen molar-refractivity contribution in [2.75, 3.05) is 0 Å². The number of pyridine rings is 1. The SMILES string of the molecule is Cc1nc(C(C)C)n2ccc(N=C=O)cc12. The van der Waals surface area contributed by atoms with Gasteiger partial charge in [-0.2, -0.15) is 4.99 Å². The monoisotopic (exact) mass is 215 g/mol. The van der Waals surface area contributed by atoms with Crippen molar-refractivity contribution in [1.29, 1.82) is 0 Å². The van der Waals surface area contributed by atoms with Crippen LogP contribution in [-0.4, -0.2) is 15.5 Å². The fourth-order valence-electron chi connectivity index (χ4n) is 1.78. The van der Waals surface area contributed by atoms with Crippen LogP contribution in [0.25, 0.3) is 5.52 Å². The number of isocyanates is 1. The van der Waals surface area contributed by atoms with Gasteiger partial charge in [0.1, 0.15) is 5.82 Å². The minimum absolute atomic E-state index is 0.363. The number of aromatic nitrogens is 2. The average Bonchev–Trinajstić information content (AvgIpc) is 2.57. The first-order valence-electron chi connectivity index (χ1n) is 5.20. The first kappa shape index (κ1) is 10.6. The number of aliphatic imine (C=N–C) groups is 1. The average molecular weight is 215 g/mol. The maximum absolute atomic E-state index is 10.2. The van der Waals surface area contributed by atoms with E-state index in [2.05, 4.69) is 23.8 Å². The Balaban J connectivity index is 2.71. The second-order valence-corrected chi connectivity index (χ2v) is 4.05. The van der Waals surface area contributed by atoms with Crippen LogP contribution in [-0.2, 0) is 4.79 Å². The second kappa shape index (κ2) is 3.91. The molecule has 0 amide bonds. The molecular weight excluding hydrogens is 202 g/mol. The summed E-state index contributed by atoms with van der Waals surface area (Å²) in [6.45, 7) is 6.16. The zero-order valence-corrected chi connectivity index (χ0v) is 9.56. The van der Waals surface area contributed by atoms with Gasteiger partial charge in [0.2, 0.25) is 6.08 Å². The molecule has 0 bridgehead atoms. The lowest BCUT2D eigenvalue weighted by molar-refractivity contribution is 0.565. The molecule has 0 spiro atoms. The number of rotatable bonds is 2. The second-order valence-electron chi connectivity index (χ2n) is 4.05. The Kier molecular flexibility index (Phi) is 2.59. The summed E-state index contributed by atoms with van der Waals surface area (Å²) in [5.74, 6) is 1.38. The zero-order valence-electron chi connectivity index (χ0n) is 9.56. The molecule has 16 heavy (non-hydrogen) atoms. The van der Waals surface area contributed by atoms with E-state index in [4.69, 9.17) is 0 Å². The lowest BCUT2D eigenvalue weighted by Crippen LogP contribution is -1.95. The van der Waals surface area contributed by atoms with Crippen molar-refractivity contribution in [3.05, 3.63) is 29.8 Å². The Hall–Kier alpha value is -1.93. The van der Waals surface area contributed by atoms with E-state index in [1.165, 1.54) is 0 Å². The van der Waals surface area contributed by atoms with Gasteiger partial charge in [0.15, 0.2) is 0 Å². The molecule has 0 aromatic carbocycles. The van der Waals surface area contributed by atoms with Crippen LogP contribution < -0.4 is 0 Å².